The minimum absolute atomic E-state index is 0.0205. The fourth-order valence-electron chi connectivity index (χ4n) is 2.61. The third-order valence-corrected chi connectivity index (χ3v) is 4.43. The largest absolute Gasteiger partial charge is 0.396 e. The third-order valence-electron chi connectivity index (χ3n) is 4.43. The van der Waals surface area contributed by atoms with Crippen molar-refractivity contribution in [1.82, 2.24) is 15.3 Å². The van der Waals surface area contributed by atoms with Gasteiger partial charge in [-0.3, -0.25) is 9.59 Å². The monoisotopic (exact) mass is 315 g/mol. The molecule has 1 aromatic heterocycles. The topological polar surface area (TPSA) is 95.1 Å². The Hall–Kier alpha value is -2.21. The Morgan fingerprint density at radius 1 is 1.35 bits per heavy atom. The second kappa shape index (κ2) is 6.50. The Kier molecular flexibility index (Phi) is 4.43. The highest BCUT2D eigenvalue weighted by Crippen LogP contribution is 2.44. The standard InChI is InChI=1S/C17H21N3O3/c21-11-17(8-9-17)10-18-15(22)7-3-6-14-19-13-5-2-1-4-12(13)16(23)20-14/h1-2,4-5,21H,3,6-11H2,(H,18,22)(H,19,20,23). The molecule has 0 saturated heterocycles. The first kappa shape index (κ1) is 15.7. The van der Waals surface area contributed by atoms with Gasteiger partial charge in [-0.1, -0.05) is 12.1 Å². The van der Waals surface area contributed by atoms with Crippen molar-refractivity contribution in [3.05, 3.63) is 40.4 Å². The van der Waals surface area contributed by atoms with Crippen LogP contribution in [0.4, 0.5) is 0 Å². The number of H-pyrrole nitrogens is 1. The van der Waals surface area contributed by atoms with Crippen molar-refractivity contribution in [2.24, 2.45) is 5.41 Å². The van der Waals surface area contributed by atoms with Crippen LogP contribution < -0.4 is 10.9 Å². The van der Waals surface area contributed by atoms with Crippen molar-refractivity contribution in [3.63, 3.8) is 0 Å². The number of carbonyl (C=O) groups is 1. The molecular weight excluding hydrogens is 294 g/mol. The average Bonchev–Trinajstić information content (AvgIpc) is 3.34. The summed E-state index contributed by atoms with van der Waals surface area (Å²) in [5.74, 6) is 0.586. The molecule has 0 aliphatic heterocycles. The van der Waals surface area contributed by atoms with Crippen LogP contribution in [-0.4, -0.2) is 34.1 Å². The highest BCUT2D eigenvalue weighted by molar-refractivity contribution is 5.77. The minimum Gasteiger partial charge on any atom is -0.396 e. The van der Waals surface area contributed by atoms with Crippen LogP contribution in [0, 0.1) is 5.41 Å². The number of aromatic nitrogens is 2. The average molecular weight is 315 g/mol. The molecule has 6 heteroatoms. The summed E-state index contributed by atoms with van der Waals surface area (Å²) >= 11 is 0. The Bertz CT molecular complexity index is 765. The summed E-state index contributed by atoms with van der Waals surface area (Å²) in [5, 5.41) is 12.7. The molecule has 1 aliphatic rings. The number of benzene rings is 1. The number of aromatic amines is 1. The Labute approximate surface area is 133 Å². The number of aliphatic hydroxyl groups is 1. The molecule has 1 saturated carbocycles. The lowest BCUT2D eigenvalue weighted by atomic mass is 10.1. The van der Waals surface area contributed by atoms with Crippen LogP contribution in [0.1, 0.15) is 31.5 Å². The molecule has 2 aromatic rings. The van der Waals surface area contributed by atoms with Gasteiger partial charge in [-0.05, 0) is 31.4 Å². The van der Waals surface area contributed by atoms with E-state index in [1.165, 1.54) is 0 Å². The first-order valence-corrected chi connectivity index (χ1v) is 7.97. The van der Waals surface area contributed by atoms with Crippen molar-refractivity contribution < 1.29 is 9.90 Å². The number of nitrogens with one attached hydrogen (secondary N) is 2. The summed E-state index contributed by atoms with van der Waals surface area (Å²) < 4.78 is 0. The van der Waals surface area contributed by atoms with Crippen LogP contribution in [0.25, 0.3) is 10.9 Å². The number of aryl methyl sites for hydroxylation is 1. The number of fused-ring (bicyclic) bond motifs is 1. The van der Waals surface area contributed by atoms with Gasteiger partial charge in [-0.15, -0.1) is 0 Å². The highest BCUT2D eigenvalue weighted by atomic mass is 16.3. The smallest absolute Gasteiger partial charge is 0.258 e. The lowest BCUT2D eigenvalue weighted by molar-refractivity contribution is -0.121. The molecule has 1 aliphatic carbocycles. The highest BCUT2D eigenvalue weighted by Gasteiger charge is 2.41. The van der Waals surface area contributed by atoms with E-state index >= 15 is 0 Å². The molecule has 6 nitrogen and oxygen atoms in total. The number of hydrogen-bond donors (Lipinski definition) is 3. The molecule has 3 rings (SSSR count). The molecule has 3 N–H and O–H groups in total. The molecule has 122 valence electrons. The van der Waals surface area contributed by atoms with Gasteiger partial charge < -0.3 is 15.4 Å². The van der Waals surface area contributed by atoms with Crippen LogP contribution in [0.15, 0.2) is 29.1 Å². The van der Waals surface area contributed by atoms with E-state index in [0.717, 1.165) is 12.8 Å². The summed E-state index contributed by atoms with van der Waals surface area (Å²) in [6, 6.07) is 7.21. The predicted molar refractivity (Wildman–Crippen MR) is 87.1 cm³/mol. The van der Waals surface area contributed by atoms with Crippen molar-refractivity contribution in [3.8, 4) is 0 Å². The minimum atomic E-state index is -0.145. The van der Waals surface area contributed by atoms with Crippen LogP contribution in [-0.2, 0) is 11.2 Å². The number of aliphatic hydroxyl groups excluding tert-OH is 1. The van der Waals surface area contributed by atoms with Crippen LogP contribution >= 0.6 is 0 Å². The molecule has 1 heterocycles. The maximum absolute atomic E-state index is 12.0. The predicted octanol–water partition coefficient (Wildman–Crippen LogP) is 1.13. The Morgan fingerprint density at radius 3 is 2.87 bits per heavy atom. The zero-order valence-electron chi connectivity index (χ0n) is 13.0. The summed E-state index contributed by atoms with van der Waals surface area (Å²) in [5.41, 5.74) is 0.462. The normalized spacial score (nSPS) is 15.5. The van der Waals surface area contributed by atoms with E-state index in [2.05, 4.69) is 15.3 Å². The molecule has 0 bridgehead atoms. The molecule has 0 unspecified atom stereocenters. The summed E-state index contributed by atoms with van der Waals surface area (Å²) in [6.07, 6.45) is 3.52. The van der Waals surface area contributed by atoms with Gasteiger partial charge in [0.2, 0.25) is 5.91 Å². The van der Waals surface area contributed by atoms with E-state index in [9.17, 15) is 14.7 Å². The number of nitrogens with zero attached hydrogens (tertiary/aromatic N) is 1. The van der Waals surface area contributed by atoms with Crippen LogP contribution in [0.3, 0.4) is 0 Å². The quantitative estimate of drug-likeness (QED) is 0.714. The number of carbonyl (C=O) groups excluding carboxylic acids is 1. The second-order valence-electron chi connectivity index (χ2n) is 6.32. The SMILES string of the molecule is O=C(CCCc1nc2ccccc2c(=O)[nH]1)NCC1(CO)CC1. The maximum Gasteiger partial charge on any atom is 0.258 e. The van der Waals surface area contributed by atoms with E-state index in [1.54, 1.807) is 6.07 Å². The second-order valence-corrected chi connectivity index (χ2v) is 6.32. The molecule has 0 radical (unpaired) electrons. The lowest BCUT2D eigenvalue weighted by Crippen LogP contribution is -2.31. The van der Waals surface area contributed by atoms with Crippen molar-refractivity contribution in [2.75, 3.05) is 13.2 Å². The lowest BCUT2D eigenvalue weighted by Gasteiger charge is -2.12. The van der Waals surface area contributed by atoms with Gasteiger partial charge >= 0.3 is 0 Å². The zero-order chi connectivity index (χ0) is 16.3. The van der Waals surface area contributed by atoms with Gasteiger partial charge in [0, 0.05) is 24.8 Å². The fraction of sp³-hybridized carbons (Fsp3) is 0.471. The molecule has 23 heavy (non-hydrogen) atoms. The third kappa shape index (κ3) is 3.76. The molecular formula is C17H21N3O3. The van der Waals surface area contributed by atoms with Crippen molar-refractivity contribution >= 4 is 16.8 Å². The van der Waals surface area contributed by atoms with Crippen molar-refractivity contribution in [2.45, 2.75) is 32.1 Å². The maximum atomic E-state index is 12.0. The molecule has 0 atom stereocenters. The van der Waals surface area contributed by atoms with Gasteiger partial charge in [0.05, 0.1) is 17.5 Å². The van der Waals surface area contributed by atoms with E-state index in [4.69, 9.17) is 0 Å². The zero-order valence-corrected chi connectivity index (χ0v) is 13.0. The first-order chi connectivity index (χ1) is 11.1. The van der Waals surface area contributed by atoms with Crippen LogP contribution in [0.5, 0.6) is 0 Å². The summed E-state index contributed by atoms with van der Waals surface area (Å²) in [7, 11) is 0. The first-order valence-electron chi connectivity index (χ1n) is 7.97. The van der Waals surface area contributed by atoms with E-state index in [1.807, 2.05) is 18.2 Å². The van der Waals surface area contributed by atoms with Gasteiger partial charge in [0.15, 0.2) is 0 Å². The van der Waals surface area contributed by atoms with E-state index < -0.39 is 0 Å². The van der Waals surface area contributed by atoms with Gasteiger partial charge in [0.25, 0.3) is 5.56 Å². The Morgan fingerprint density at radius 2 is 2.13 bits per heavy atom. The molecule has 1 aromatic carbocycles. The molecule has 1 fully saturated rings. The summed E-state index contributed by atoms with van der Waals surface area (Å²) in [6.45, 7) is 0.683. The van der Waals surface area contributed by atoms with Gasteiger partial charge in [0.1, 0.15) is 5.82 Å². The van der Waals surface area contributed by atoms with Crippen molar-refractivity contribution in [1.29, 1.82) is 0 Å². The van der Waals surface area contributed by atoms with Crippen LogP contribution in [0.2, 0.25) is 0 Å². The number of para-hydroxylation sites is 1. The molecule has 0 spiro atoms. The fourth-order valence-corrected chi connectivity index (χ4v) is 2.61. The van der Waals surface area contributed by atoms with E-state index in [0.29, 0.717) is 42.5 Å². The van der Waals surface area contributed by atoms with E-state index in [-0.39, 0.29) is 23.5 Å². The number of hydrogen-bond acceptors (Lipinski definition) is 4. The number of rotatable bonds is 7. The van der Waals surface area contributed by atoms with Gasteiger partial charge in [-0.2, -0.15) is 0 Å². The molecule has 1 amide bonds. The van der Waals surface area contributed by atoms with Gasteiger partial charge in [-0.25, -0.2) is 4.98 Å². The summed E-state index contributed by atoms with van der Waals surface area (Å²) in [4.78, 5) is 31.0. The number of amides is 1. The Balaban J connectivity index is 1.50.